The van der Waals surface area contributed by atoms with Crippen LogP contribution in [0.5, 0.6) is 5.75 Å². The lowest BCUT2D eigenvalue weighted by atomic mass is 9.75. The Hall–Kier alpha value is -2.27. The molecular formula is C16H18N2O3. The Labute approximate surface area is 122 Å². The van der Waals surface area contributed by atoms with E-state index >= 15 is 0 Å². The lowest BCUT2D eigenvalue weighted by Crippen LogP contribution is -2.47. The topological polar surface area (TPSA) is 75.8 Å². The van der Waals surface area contributed by atoms with Crippen LogP contribution in [0.15, 0.2) is 36.4 Å². The van der Waals surface area contributed by atoms with Crippen molar-refractivity contribution in [2.75, 3.05) is 7.11 Å². The minimum absolute atomic E-state index is 0.168. The van der Waals surface area contributed by atoms with Crippen LogP contribution in [0.25, 0.3) is 10.8 Å². The van der Waals surface area contributed by atoms with Crippen LogP contribution in [0, 0.1) is 0 Å². The fourth-order valence-corrected chi connectivity index (χ4v) is 2.86. The highest BCUT2D eigenvalue weighted by molar-refractivity contribution is 5.84. The Kier molecular flexibility index (Phi) is 3.43. The number of ether oxygens (including phenoxy) is 1. The highest BCUT2D eigenvalue weighted by Crippen LogP contribution is 2.40. The first-order valence-electron chi connectivity index (χ1n) is 6.93. The van der Waals surface area contributed by atoms with Crippen molar-refractivity contribution in [2.45, 2.75) is 24.8 Å². The molecule has 0 unspecified atom stereocenters. The Morgan fingerprint density at radius 2 is 1.90 bits per heavy atom. The van der Waals surface area contributed by atoms with Gasteiger partial charge >= 0.3 is 6.03 Å². The third kappa shape index (κ3) is 2.52. The molecule has 5 nitrogen and oxygen atoms in total. The molecule has 1 saturated carbocycles. The van der Waals surface area contributed by atoms with Crippen molar-refractivity contribution < 1.29 is 14.7 Å². The van der Waals surface area contributed by atoms with Gasteiger partial charge in [-0.25, -0.2) is 9.86 Å². The maximum atomic E-state index is 10.9. The third-order valence-corrected chi connectivity index (χ3v) is 4.23. The van der Waals surface area contributed by atoms with Gasteiger partial charge in [-0.2, -0.15) is 0 Å². The summed E-state index contributed by atoms with van der Waals surface area (Å²) in [5.41, 5.74) is 6.28. The number of carbonyl (C=O) groups excluding carboxylic acids is 1. The Bertz CT molecular complexity index is 680. The number of amides is 2. The van der Waals surface area contributed by atoms with Crippen LogP contribution in [-0.4, -0.2) is 29.5 Å². The van der Waals surface area contributed by atoms with E-state index in [4.69, 9.17) is 10.5 Å². The molecule has 110 valence electrons. The number of primary amides is 1. The summed E-state index contributed by atoms with van der Waals surface area (Å²) in [7, 11) is 1.66. The average molecular weight is 286 g/mol. The quantitative estimate of drug-likeness (QED) is 0.673. The molecule has 1 aliphatic rings. The number of rotatable bonds is 3. The van der Waals surface area contributed by atoms with Gasteiger partial charge in [-0.15, -0.1) is 0 Å². The summed E-state index contributed by atoms with van der Waals surface area (Å²) in [6, 6.07) is 11.4. The second-order valence-electron chi connectivity index (χ2n) is 5.48. The predicted octanol–water partition coefficient (Wildman–Crippen LogP) is 2.86. The molecule has 3 rings (SSSR count). The van der Waals surface area contributed by atoms with Gasteiger partial charge in [0.05, 0.1) is 13.2 Å². The van der Waals surface area contributed by atoms with Gasteiger partial charge in [-0.05, 0) is 47.2 Å². The van der Waals surface area contributed by atoms with Crippen LogP contribution in [0.4, 0.5) is 4.79 Å². The van der Waals surface area contributed by atoms with E-state index in [9.17, 15) is 10.0 Å². The lowest BCUT2D eigenvalue weighted by molar-refractivity contribution is -0.102. The number of fused-ring (bicyclic) bond motifs is 1. The fourth-order valence-electron chi connectivity index (χ4n) is 2.86. The average Bonchev–Trinajstić information content (AvgIpc) is 2.44. The third-order valence-electron chi connectivity index (χ3n) is 4.23. The standard InChI is InChI=1S/C16H18N2O3/c1-21-15-5-4-10-6-11(2-3-12(10)9-15)13-7-14(8-13)18(20)16(17)19/h2-6,9,13-14,20H,7-8H2,1H3,(H2,17,19). The molecule has 1 aliphatic carbocycles. The van der Waals surface area contributed by atoms with Crippen molar-refractivity contribution in [3.05, 3.63) is 42.0 Å². The summed E-state index contributed by atoms with van der Waals surface area (Å²) in [6.07, 6.45) is 1.47. The molecule has 2 amide bonds. The number of hydroxylamine groups is 2. The van der Waals surface area contributed by atoms with E-state index < -0.39 is 6.03 Å². The number of carbonyl (C=O) groups is 1. The van der Waals surface area contributed by atoms with E-state index in [0.29, 0.717) is 11.0 Å². The maximum Gasteiger partial charge on any atom is 0.338 e. The lowest BCUT2D eigenvalue weighted by Gasteiger charge is -2.39. The van der Waals surface area contributed by atoms with Gasteiger partial charge < -0.3 is 10.5 Å². The van der Waals surface area contributed by atoms with Crippen LogP contribution < -0.4 is 10.5 Å². The Morgan fingerprint density at radius 1 is 1.24 bits per heavy atom. The zero-order chi connectivity index (χ0) is 15.0. The molecule has 3 N–H and O–H groups in total. The van der Waals surface area contributed by atoms with Crippen molar-refractivity contribution in [1.29, 1.82) is 0 Å². The van der Waals surface area contributed by atoms with Crippen molar-refractivity contribution in [2.24, 2.45) is 5.73 Å². The Balaban J connectivity index is 1.76. The highest BCUT2D eigenvalue weighted by Gasteiger charge is 2.35. The molecule has 0 atom stereocenters. The smallest absolute Gasteiger partial charge is 0.338 e. The second kappa shape index (κ2) is 5.26. The highest BCUT2D eigenvalue weighted by atomic mass is 16.5. The van der Waals surface area contributed by atoms with E-state index in [1.807, 2.05) is 18.2 Å². The van der Waals surface area contributed by atoms with Crippen LogP contribution >= 0.6 is 0 Å². The van der Waals surface area contributed by atoms with Gasteiger partial charge in [0.1, 0.15) is 5.75 Å². The summed E-state index contributed by atoms with van der Waals surface area (Å²) in [5.74, 6) is 1.20. The molecule has 0 spiro atoms. The van der Waals surface area contributed by atoms with Gasteiger partial charge in [0, 0.05) is 0 Å². The monoisotopic (exact) mass is 286 g/mol. The largest absolute Gasteiger partial charge is 0.497 e. The number of methoxy groups -OCH3 is 1. The van der Waals surface area contributed by atoms with Gasteiger partial charge in [-0.1, -0.05) is 24.3 Å². The fraction of sp³-hybridized carbons (Fsp3) is 0.312. The number of nitrogens with two attached hydrogens (primary N) is 1. The van der Waals surface area contributed by atoms with E-state index in [2.05, 4.69) is 18.2 Å². The van der Waals surface area contributed by atoms with Crippen molar-refractivity contribution >= 4 is 16.8 Å². The SMILES string of the molecule is COc1ccc2cc(C3CC(N(O)C(N)=O)C3)ccc2c1. The summed E-state index contributed by atoms with van der Waals surface area (Å²) >= 11 is 0. The molecule has 0 bridgehead atoms. The van der Waals surface area contributed by atoms with Crippen molar-refractivity contribution in [3.63, 3.8) is 0 Å². The van der Waals surface area contributed by atoms with Gasteiger partial charge in [0.25, 0.3) is 0 Å². The molecule has 5 heteroatoms. The van der Waals surface area contributed by atoms with Gasteiger partial charge in [0.15, 0.2) is 0 Å². The summed E-state index contributed by atoms with van der Waals surface area (Å²) in [4.78, 5) is 10.9. The first kappa shape index (κ1) is 13.7. The summed E-state index contributed by atoms with van der Waals surface area (Å²) < 4.78 is 5.22. The van der Waals surface area contributed by atoms with Crippen LogP contribution in [-0.2, 0) is 0 Å². The van der Waals surface area contributed by atoms with E-state index in [1.54, 1.807) is 7.11 Å². The molecule has 0 heterocycles. The minimum atomic E-state index is -0.788. The normalized spacial score (nSPS) is 20.9. The molecule has 21 heavy (non-hydrogen) atoms. The molecule has 0 radical (unpaired) electrons. The molecule has 2 aromatic carbocycles. The number of hydrogen-bond donors (Lipinski definition) is 2. The first-order chi connectivity index (χ1) is 10.1. The van der Waals surface area contributed by atoms with Crippen LogP contribution in [0.3, 0.4) is 0 Å². The van der Waals surface area contributed by atoms with E-state index in [1.165, 1.54) is 5.56 Å². The van der Waals surface area contributed by atoms with Crippen molar-refractivity contribution in [1.82, 2.24) is 5.06 Å². The van der Waals surface area contributed by atoms with E-state index in [0.717, 1.165) is 29.4 Å². The van der Waals surface area contributed by atoms with Crippen molar-refractivity contribution in [3.8, 4) is 5.75 Å². The molecule has 0 saturated heterocycles. The zero-order valence-corrected chi connectivity index (χ0v) is 11.8. The molecule has 1 fully saturated rings. The minimum Gasteiger partial charge on any atom is -0.497 e. The predicted molar refractivity (Wildman–Crippen MR) is 79.5 cm³/mol. The number of nitrogens with zero attached hydrogens (tertiary/aromatic N) is 1. The molecule has 0 aliphatic heterocycles. The molecule has 0 aromatic heterocycles. The maximum absolute atomic E-state index is 10.9. The molecule has 2 aromatic rings. The first-order valence-corrected chi connectivity index (χ1v) is 6.93. The number of benzene rings is 2. The Morgan fingerprint density at radius 3 is 2.57 bits per heavy atom. The second-order valence-corrected chi connectivity index (χ2v) is 5.48. The molecular weight excluding hydrogens is 268 g/mol. The van der Waals surface area contributed by atoms with Crippen LogP contribution in [0.2, 0.25) is 0 Å². The number of urea groups is 1. The summed E-state index contributed by atoms with van der Waals surface area (Å²) in [5, 5.41) is 12.4. The zero-order valence-electron chi connectivity index (χ0n) is 11.8. The van der Waals surface area contributed by atoms with E-state index in [-0.39, 0.29) is 6.04 Å². The van der Waals surface area contributed by atoms with Gasteiger partial charge in [0.2, 0.25) is 0 Å². The van der Waals surface area contributed by atoms with Gasteiger partial charge in [-0.3, -0.25) is 5.21 Å². The summed E-state index contributed by atoms with van der Waals surface area (Å²) in [6.45, 7) is 0. The number of hydrogen-bond acceptors (Lipinski definition) is 3. The van der Waals surface area contributed by atoms with Crippen LogP contribution in [0.1, 0.15) is 24.3 Å².